The first-order chi connectivity index (χ1) is 8.58. The van der Waals surface area contributed by atoms with Gasteiger partial charge in [0.2, 0.25) is 0 Å². The van der Waals surface area contributed by atoms with Gasteiger partial charge in [0.25, 0.3) is 0 Å². The third-order valence-corrected chi connectivity index (χ3v) is 2.96. The zero-order valence-electron chi connectivity index (χ0n) is 10.5. The van der Waals surface area contributed by atoms with E-state index in [-0.39, 0.29) is 11.9 Å². The minimum Gasteiger partial charge on any atom is -0.409 e. The van der Waals surface area contributed by atoms with Crippen LogP contribution in [0.5, 0.6) is 0 Å². The highest BCUT2D eigenvalue weighted by molar-refractivity contribution is 6.31. The Kier molecular flexibility index (Phi) is 5.91. The molecule has 0 heterocycles. The number of halogens is 1. The predicted molar refractivity (Wildman–Crippen MR) is 72.1 cm³/mol. The zero-order valence-corrected chi connectivity index (χ0v) is 11.2. The van der Waals surface area contributed by atoms with Crippen molar-refractivity contribution in [2.24, 2.45) is 10.9 Å². The average Bonchev–Trinajstić information content (AvgIpc) is 2.39. The molecule has 18 heavy (non-hydrogen) atoms. The zero-order chi connectivity index (χ0) is 13.5. The van der Waals surface area contributed by atoms with Gasteiger partial charge in [0.15, 0.2) is 5.84 Å². The van der Waals surface area contributed by atoms with Crippen LogP contribution in [0.15, 0.2) is 23.4 Å². The quantitative estimate of drug-likeness (QED) is 0.317. The molecule has 0 aliphatic heterocycles. The number of nitrogens with two attached hydrogens (primary N) is 1. The Balaban J connectivity index is 2.63. The van der Waals surface area contributed by atoms with Gasteiger partial charge in [-0.05, 0) is 18.6 Å². The molecule has 4 N–H and O–H groups in total. The number of benzene rings is 1. The van der Waals surface area contributed by atoms with E-state index in [1.807, 2.05) is 13.0 Å². The molecule has 1 atom stereocenters. The van der Waals surface area contributed by atoms with Gasteiger partial charge >= 0.3 is 0 Å². The van der Waals surface area contributed by atoms with Gasteiger partial charge in [-0.3, -0.25) is 0 Å². The molecule has 100 valence electrons. The summed E-state index contributed by atoms with van der Waals surface area (Å²) >= 11 is 6.12. The number of oxime groups is 1. The van der Waals surface area contributed by atoms with Crippen molar-refractivity contribution in [1.82, 2.24) is 5.32 Å². The van der Waals surface area contributed by atoms with Gasteiger partial charge in [0.1, 0.15) is 0 Å². The first-order valence-corrected chi connectivity index (χ1v) is 5.96. The standard InChI is InChI=1S/C12H18ClN3O2/c1-8(18-2)6-15-7-10-4-3-9(5-11(10)13)12(14)16-17/h3-5,8,15,17H,6-7H2,1-2H3,(H2,14,16). The van der Waals surface area contributed by atoms with Gasteiger partial charge in [-0.25, -0.2) is 0 Å². The second-order valence-electron chi connectivity index (χ2n) is 3.97. The molecule has 0 fully saturated rings. The minimum atomic E-state index is 0.0458. The highest BCUT2D eigenvalue weighted by Crippen LogP contribution is 2.17. The number of rotatable bonds is 6. The molecule has 6 heteroatoms. The Morgan fingerprint density at radius 1 is 1.61 bits per heavy atom. The molecular formula is C12H18ClN3O2. The van der Waals surface area contributed by atoms with Gasteiger partial charge in [-0.2, -0.15) is 0 Å². The molecule has 1 rings (SSSR count). The van der Waals surface area contributed by atoms with Crippen molar-refractivity contribution >= 4 is 17.4 Å². The smallest absolute Gasteiger partial charge is 0.170 e. The first-order valence-electron chi connectivity index (χ1n) is 5.58. The summed E-state index contributed by atoms with van der Waals surface area (Å²) in [7, 11) is 1.67. The fourth-order valence-electron chi connectivity index (χ4n) is 1.40. The van der Waals surface area contributed by atoms with Crippen LogP contribution in [0.2, 0.25) is 5.02 Å². The van der Waals surface area contributed by atoms with Crippen LogP contribution >= 0.6 is 11.6 Å². The van der Waals surface area contributed by atoms with Gasteiger partial charge in [0.05, 0.1) is 6.10 Å². The van der Waals surface area contributed by atoms with Crippen molar-refractivity contribution in [1.29, 1.82) is 0 Å². The third-order valence-electron chi connectivity index (χ3n) is 2.61. The van der Waals surface area contributed by atoms with E-state index < -0.39 is 0 Å². The summed E-state index contributed by atoms with van der Waals surface area (Å²) in [6.07, 6.45) is 0.153. The molecule has 0 aliphatic carbocycles. The molecule has 0 aliphatic rings. The number of ether oxygens (including phenoxy) is 1. The fourth-order valence-corrected chi connectivity index (χ4v) is 1.65. The van der Waals surface area contributed by atoms with E-state index in [0.717, 1.165) is 12.1 Å². The van der Waals surface area contributed by atoms with Gasteiger partial charge in [-0.15, -0.1) is 0 Å². The normalized spacial score (nSPS) is 13.6. The maximum atomic E-state index is 8.57. The molecule has 0 aromatic heterocycles. The maximum Gasteiger partial charge on any atom is 0.170 e. The number of nitrogens with one attached hydrogen (secondary N) is 1. The third kappa shape index (κ3) is 4.18. The highest BCUT2D eigenvalue weighted by Gasteiger charge is 2.05. The largest absolute Gasteiger partial charge is 0.409 e. The van der Waals surface area contributed by atoms with E-state index in [1.165, 1.54) is 0 Å². The van der Waals surface area contributed by atoms with E-state index in [1.54, 1.807) is 19.2 Å². The lowest BCUT2D eigenvalue weighted by molar-refractivity contribution is 0.117. The van der Waals surface area contributed by atoms with Crippen LogP contribution in [0, 0.1) is 0 Å². The molecule has 0 bridgehead atoms. The Bertz CT molecular complexity index is 424. The van der Waals surface area contributed by atoms with Gasteiger partial charge in [0, 0.05) is 30.8 Å². The summed E-state index contributed by atoms with van der Waals surface area (Å²) in [5, 5.41) is 15.3. The van der Waals surface area contributed by atoms with Crippen LogP contribution in [-0.2, 0) is 11.3 Å². The molecule has 0 spiro atoms. The maximum absolute atomic E-state index is 8.57. The molecule has 1 aromatic rings. The van der Waals surface area contributed by atoms with Crippen molar-refractivity contribution in [3.63, 3.8) is 0 Å². The van der Waals surface area contributed by atoms with Crippen molar-refractivity contribution < 1.29 is 9.94 Å². The average molecular weight is 272 g/mol. The predicted octanol–water partition coefficient (Wildman–Crippen LogP) is 1.56. The Labute approximate surface area is 112 Å². The lowest BCUT2D eigenvalue weighted by Crippen LogP contribution is -2.25. The van der Waals surface area contributed by atoms with Crippen molar-refractivity contribution in [3.05, 3.63) is 34.3 Å². The van der Waals surface area contributed by atoms with Crippen molar-refractivity contribution in [3.8, 4) is 0 Å². The Hall–Kier alpha value is -1.30. The van der Waals surface area contributed by atoms with Crippen LogP contribution in [0.25, 0.3) is 0 Å². The highest BCUT2D eigenvalue weighted by atomic mass is 35.5. The summed E-state index contributed by atoms with van der Waals surface area (Å²) in [4.78, 5) is 0. The molecule has 0 amide bonds. The van der Waals surface area contributed by atoms with E-state index in [2.05, 4.69) is 10.5 Å². The van der Waals surface area contributed by atoms with E-state index in [9.17, 15) is 0 Å². The van der Waals surface area contributed by atoms with Crippen LogP contribution in [0.1, 0.15) is 18.1 Å². The molecular weight excluding hydrogens is 254 g/mol. The van der Waals surface area contributed by atoms with Gasteiger partial charge in [-0.1, -0.05) is 28.9 Å². The summed E-state index contributed by atoms with van der Waals surface area (Å²) < 4.78 is 5.13. The second kappa shape index (κ2) is 7.20. The molecule has 0 saturated carbocycles. The monoisotopic (exact) mass is 271 g/mol. The fraction of sp³-hybridized carbons (Fsp3) is 0.417. The van der Waals surface area contributed by atoms with Crippen molar-refractivity contribution in [2.75, 3.05) is 13.7 Å². The van der Waals surface area contributed by atoms with E-state index in [0.29, 0.717) is 17.1 Å². The number of hydrogen-bond acceptors (Lipinski definition) is 4. The second-order valence-corrected chi connectivity index (χ2v) is 4.38. The number of amidine groups is 1. The van der Waals surface area contributed by atoms with Crippen LogP contribution in [-0.4, -0.2) is 30.8 Å². The summed E-state index contributed by atoms with van der Waals surface area (Å²) in [6.45, 7) is 3.37. The van der Waals surface area contributed by atoms with Crippen LogP contribution in [0.3, 0.4) is 0 Å². The number of nitrogens with zero attached hydrogens (tertiary/aromatic N) is 1. The molecule has 1 aromatic carbocycles. The molecule has 0 saturated heterocycles. The SMILES string of the molecule is COC(C)CNCc1ccc(/C(N)=N/O)cc1Cl. The molecule has 1 unspecified atom stereocenters. The van der Waals surface area contributed by atoms with Crippen molar-refractivity contribution in [2.45, 2.75) is 19.6 Å². The van der Waals surface area contributed by atoms with Gasteiger partial charge < -0.3 is 21.0 Å². The van der Waals surface area contributed by atoms with E-state index >= 15 is 0 Å². The Morgan fingerprint density at radius 2 is 2.33 bits per heavy atom. The topological polar surface area (TPSA) is 79.9 Å². The number of methoxy groups -OCH3 is 1. The van der Waals surface area contributed by atoms with E-state index in [4.69, 9.17) is 27.3 Å². The minimum absolute atomic E-state index is 0.0458. The molecule has 0 radical (unpaired) electrons. The summed E-state index contributed by atoms with van der Waals surface area (Å²) in [5.41, 5.74) is 7.03. The Morgan fingerprint density at radius 3 is 2.89 bits per heavy atom. The number of hydrogen-bond donors (Lipinski definition) is 3. The summed E-state index contributed by atoms with van der Waals surface area (Å²) in [6, 6.07) is 5.28. The van der Waals surface area contributed by atoms with Crippen LogP contribution < -0.4 is 11.1 Å². The summed E-state index contributed by atoms with van der Waals surface area (Å²) in [5.74, 6) is 0.0458. The first kappa shape index (κ1) is 14.8. The lowest BCUT2D eigenvalue weighted by Gasteiger charge is -2.12. The van der Waals surface area contributed by atoms with Crippen LogP contribution in [0.4, 0.5) is 0 Å². The lowest BCUT2D eigenvalue weighted by atomic mass is 10.1. The molecule has 5 nitrogen and oxygen atoms in total.